The van der Waals surface area contributed by atoms with Crippen molar-refractivity contribution < 1.29 is 23.8 Å². The molecule has 7 nitrogen and oxygen atoms in total. The van der Waals surface area contributed by atoms with E-state index in [0.717, 1.165) is 0 Å². The van der Waals surface area contributed by atoms with E-state index in [1.54, 1.807) is 32.0 Å². The van der Waals surface area contributed by atoms with Gasteiger partial charge in [-0.3, -0.25) is 0 Å². The molecule has 124 valence electrons. The number of hydrogen-bond acceptors (Lipinski definition) is 5. The van der Waals surface area contributed by atoms with Crippen LogP contribution in [0.1, 0.15) is 25.5 Å². The number of urea groups is 1. The van der Waals surface area contributed by atoms with Crippen LogP contribution in [0, 0.1) is 0 Å². The molecule has 1 aliphatic rings. The molecule has 23 heavy (non-hydrogen) atoms. The number of methoxy groups -OCH3 is 2. The maximum atomic E-state index is 12.3. The number of allylic oxidation sites excluding steroid dienone is 1. The Morgan fingerprint density at radius 2 is 1.78 bits per heavy atom. The lowest BCUT2D eigenvalue weighted by Crippen LogP contribution is -2.45. The van der Waals surface area contributed by atoms with Gasteiger partial charge in [0.1, 0.15) is 11.5 Å². The summed E-state index contributed by atoms with van der Waals surface area (Å²) in [5.74, 6) is 0.644. The molecule has 7 heteroatoms. The number of rotatable bonds is 5. The molecule has 0 fully saturated rings. The van der Waals surface area contributed by atoms with Crippen molar-refractivity contribution >= 4 is 12.0 Å². The van der Waals surface area contributed by atoms with E-state index >= 15 is 0 Å². The number of esters is 1. The number of nitrogens with one attached hydrogen (secondary N) is 2. The van der Waals surface area contributed by atoms with Gasteiger partial charge in [0.25, 0.3) is 0 Å². The van der Waals surface area contributed by atoms with Gasteiger partial charge in [-0.1, -0.05) is 0 Å². The summed E-state index contributed by atoms with van der Waals surface area (Å²) in [6, 6.07) is 4.16. The second-order valence-electron chi connectivity index (χ2n) is 4.94. The lowest BCUT2D eigenvalue weighted by atomic mass is 9.95. The van der Waals surface area contributed by atoms with Gasteiger partial charge in [-0.05, 0) is 31.5 Å². The first kappa shape index (κ1) is 16.7. The molecule has 1 aliphatic heterocycles. The summed E-state index contributed by atoms with van der Waals surface area (Å²) < 4.78 is 15.6. The SMILES string of the molecule is CCOC(=O)C1=C(C)NC(=O)N[C@@H]1c1cc(OC)cc(OC)c1. The van der Waals surface area contributed by atoms with Crippen molar-refractivity contribution in [1.29, 1.82) is 0 Å². The van der Waals surface area contributed by atoms with Crippen LogP contribution in [0.2, 0.25) is 0 Å². The highest BCUT2D eigenvalue weighted by Gasteiger charge is 2.32. The fraction of sp³-hybridized carbons (Fsp3) is 0.375. The van der Waals surface area contributed by atoms with E-state index in [4.69, 9.17) is 14.2 Å². The predicted octanol–water partition coefficient (Wildman–Crippen LogP) is 1.89. The third-order valence-electron chi connectivity index (χ3n) is 3.47. The summed E-state index contributed by atoms with van der Waals surface area (Å²) in [7, 11) is 3.07. The van der Waals surface area contributed by atoms with Crippen molar-refractivity contribution in [3.8, 4) is 11.5 Å². The molecule has 2 rings (SSSR count). The normalized spacial score (nSPS) is 17.2. The zero-order valence-corrected chi connectivity index (χ0v) is 13.6. The first-order valence-corrected chi connectivity index (χ1v) is 7.18. The first-order chi connectivity index (χ1) is 11.0. The minimum Gasteiger partial charge on any atom is -0.497 e. The van der Waals surface area contributed by atoms with Gasteiger partial charge in [-0.15, -0.1) is 0 Å². The summed E-state index contributed by atoms with van der Waals surface area (Å²) in [5.41, 5.74) is 1.47. The van der Waals surface area contributed by atoms with Crippen LogP contribution in [0.5, 0.6) is 11.5 Å². The van der Waals surface area contributed by atoms with Crippen LogP contribution < -0.4 is 20.1 Å². The van der Waals surface area contributed by atoms with E-state index in [1.165, 1.54) is 14.2 Å². The number of carbonyl (C=O) groups is 2. The third-order valence-corrected chi connectivity index (χ3v) is 3.47. The topological polar surface area (TPSA) is 85.9 Å². The van der Waals surface area contributed by atoms with E-state index in [0.29, 0.717) is 28.3 Å². The maximum Gasteiger partial charge on any atom is 0.338 e. The molecule has 0 unspecified atom stereocenters. The van der Waals surface area contributed by atoms with E-state index in [1.807, 2.05) is 0 Å². The summed E-state index contributed by atoms with van der Waals surface area (Å²) in [6.45, 7) is 3.64. The second kappa shape index (κ2) is 7.04. The van der Waals surface area contributed by atoms with E-state index < -0.39 is 12.0 Å². The fourth-order valence-corrected chi connectivity index (χ4v) is 2.42. The predicted molar refractivity (Wildman–Crippen MR) is 83.3 cm³/mol. The van der Waals surface area contributed by atoms with Gasteiger partial charge < -0.3 is 24.8 Å². The zero-order valence-electron chi connectivity index (χ0n) is 13.6. The monoisotopic (exact) mass is 320 g/mol. The Hall–Kier alpha value is -2.70. The molecule has 0 radical (unpaired) electrons. The van der Waals surface area contributed by atoms with Gasteiger partial charge in [-0.2, -0.15) is 0 Å². The van der Waals surface area contributed by atoms with Gasteiger partial charge in [0, 0.05) is 11.8 Å². The molecule has 1 atom stereocenters. The Kier molecular flexibility index (Phi) is 5.10. The second-order valence-corrected chi connectivity index (χ2v) is 4.94. The molecular formula is C16H20N2O5. The van der Waals surface area contributed by atoms with Crippen LogP contribution >= 0.6 is 0 Å². The number of benzene rings is 1. The summed E-state index contributed by atoms with van der Waals surface area (Å²) in [4.78, 5) is 24.1. The maximum absolute atomic E-state index is 12.3. The van der Waals surface area contributed by atoms with Gasteiger partial charge in [0.15, 0.2) is 0 Å². The molecule has 2 amide bonds. The average molecular weight is 320 g/mol. The highest BCUT2D eigenvalue weighted by Crippen LogP contribution is 2.32. The molecule has 0 saturated heterocycles. The van der Waals surface area contributed by atoms with E-state index in [-0.39, 0.29) is 12.6 Å². The molecule has 0 aliphatic carbocycles. The highest BCUT2D eigenvalue weighted by molar-refractivity contribution is 5.95. The summed E-state index contributed by atoms with van der Waals surface area (Å²) >= 11 is 0. The molecule has 0 spiro atoms. The molecule has 1 aromatic carbocycles. The smallest absolute Gasteiger partial charge is 0.338 e. The zero-order chi connectivity index (χ0) is 17.0. The van der Waals surface area contributed by atoms with Crippen molar-refractivity contribution in [2.75, 3.05) is 20.8 Å². The van der Waals surface area contributed by atoms with Crippen molar-refractivity contribution in [3.63, 3.8) is 0 Å². The Labute approximate surface area is 134 Å². The van der Waals surface area contributed by atoms with Gasteiger partial charge in [-0.25, -0.2) is 9.59 Å². The lowest BCUT2D eigenvalue weighted by molar-refractivity contribution is -0.139. The number of carbonyl (C=O) groups excluding carboxylic acids is 2. The van der Waals surface area contributed by atoms with Crippen molar-refractivity contribution in [2.24, 2.45) is 0 Å². The highest BCUT2D eigenvalue weighted by atomic mass is 16.5. The Morgan fingerprint density at radius 1 is 1.17 bits per heavy atom. The molecule has 1 aromatic rings. The third kappa shape index (κ3) is 3.56. The van der Waals surface area contributed by atoms with Crippen LogP contribution in [0.25, 0.3) is 0 Å². The number of ether oxygens (including phenoxy) is 3. The summed E-state index contributed by atoms with van der Waals surface area (Å²) in [5, 5.41) is 5.33. The van der Waals surface area contributed by atoms with E-state index in [9.17, 15) is 9.59 Å². The minimum absolute atomic E-state index is 0.248. The molecule has 0 bridgehead atoms. The fourth-order valence-electron chi connectivity index (χ4n) is 2.42. The number of amides is 2. The molecular weight excluding hydrogens is 300 g/mol. The van der Waals surface area contributed by atoms with Crippen LogP contribution in [0.3, 0.4) is 0 Å². The van der Waals surface area contributed by atoms with Gasteiger partial charge in [0.05, 0.1) is 32.4 Å². The van der Waals surface area contributed by atoms with Crippen molar-refractivity contribution in [3.05, 3.63) is 35.0 Å². The van der Waals surface area contributed by atoms with Crippen LogP contribution in [-0.2, 0) is 9.53 Å². The standard InChI is InChI=1S/C16H20N2O5/c1-5-23-15(19)13-9(2)17-16(20)18-14(13)10-6-11(21-3)8-12(7-10)22-4/h6-8,14H,5H2,1-4H3,(H2,17,18,20)/t14-/m1/s1. The van der Waals surface area contributed by atoms with Crippen LogP contribution in [0.15, 0.2) is 29.5 Å². The van der Waals surface area contributed by atoms with Crippen molar-refractivity contribution in [1.82, 2.24) is 10.6 Å². The molecule has 2 N–H and O–H groups in total. The van der Waals surface area contributed by atoms with Crippen LogP contribution in [0.4, 0.5) is 4.79 Å². The Morgan fingerprint density at radius 3 is 2.30 bits per heavy atom. The Balaban J connectivity index is 2.51. The van der Waals surface area contributed by atoms with E-state index in [2.05, 4.69) is 10.6 Å². The van der Waals surface area contributed by atoms with Gasteiger partial charge >= 0.3 is 12.0 Å². The molecule has 1 heterocycles. The average Bonchev–Trinajstić information content (AvgIpc) is 2.53. The number of hydrogen-bond donors (Lipinski definition) is 2. The lowest BCUT2D eigenvalue weighted by Gasteiger charge is -2.28. The largest absolute Gasteiger partial charge is 0.497 e. The molecule has 0 saturated carbocycles. The minimum atomic E-state index is -0.646. The quantitative estimate of drug-likeness (QED) is 0.809. The molecule has 0 aromatic heterocycles. The Bertz CT molecular complexity index is 632. The van der Waals surface area contributed by atoms with Crippen LogP contribution in [-0.4, -0.2) is 32.8 Å². The summed E-state index contributed by atoms with van der Waals surface area (Å²) in [6.07, 6.45) is 0. The first-order valence-electron chi connectivity index (χ1n) is 7.18. The van der Waals surface area contributed by atoms with Gasteiger partial charge in [0.2, 0.25) is 0 Å². The van der Waals surface area contributed by atoms with Crippen molar-refractivity contribution in [2.45, 2.75) is 19.9 Å².